The smallest absolute Gasteiger partial charge is 0.239 e. The Labute approximate surface area is 203 Å². The summed E-state index contributed by atoms with van der Waals surface area (Å²) in [6, 6.07) is 12.7. The van der Waals surface area contributed by atoms with Gasteiger partial charge in [0.1, 0.15) is 5.41 Å². The third-order valence-corrected chi connectivity index (χ3v) is 7.26. The van der Waals surface area contributed by atoms with Gasteiger partial charge in [0.15, 0.2) is 0 Å². The van der Waals surface area contributed by atoms with E-state index in [0.29, 0.717) is 5.02 Å². The monoisotopic (exact) mass is 517 g/mol. The highest BCUT2D eigenvalue weighted by atomic mass is 79.9. The minimum Gasteiger partial charge on any atom is -0.347 e. The van der Waals surface area contributed by atoms with Crippen LogP contribution >= 0.6 is 27.5 Å². The van der Waals surface area contributed by atoms with Gasteiger partial charge in [0, 0.05) is 41.2 Å². The van der Waals surface area contributed by atoms with Crippen LogP contribution in [0.15, 0.2) is 46.9 Å². The Kier molecular flexibility index (Phi) is 5.93. The molecule has 2 aliphatic heterocycles. The molecule has 32 heavy (non-hydrogen) atoms. The summed E-state index contributed by atoms with van der Waals surface area (Å²) in [6.45, 7) is 6.48. The molecule has 0 bridgehead atoms. The average molecular weight is 519 g/mol. The standard InChI is InChI=1S/C25H29BrClN3O2/c1-24(2,3)13-19-25(17-10-9-16(27)12-18(17)28-23(25)32)20(14-7-6-8-15(26)11-14)21(29-19)22(31)30(4)5/h6-12,19-21,29H,13H2,1-5H3,(H,28,32)/t19-,20+,21-,25+/m1/s1. The van der Waals surface area contributed by atoms with Gasteiger partial charge >= 0.3 is 0 Å². The number of rotatable bonds is 3. The summed E-state index contributed by atoms with van der Waals surface area (Å²) in [7, 11) is 3.52. The first kappa shape index (κ1) is 23.3. The molecule has 0 unspecified atom stereocenters. The average Bonchev–Trinajstić information content (AvgIpc) is 3.15. The molecule has 0 aliphatic carbocycles. The van der Waals surface area contributed by atoms with Crippen molar-refractivity contribution in [3.05, 3.63) is 63.1 Å². The van der Waals surface area contributed by atoms with Crippen LogP contribution in [0.3, 0.4) is 0 Å². The fourth-order valence-corrected chi connectivity index (χ4v) is 5.98. The Morgan fingerprint density at radius 2 is 1.91 bits per heavy atom. The summed E-state index contributed by atoms with van der Waals surface area (Å²) in [4.78, 5) is 29.0. The first-order chi connectivity index (χ1) is 14.9. The van der Waals surface area contributed by atoms with Crippen LogP contribution in [0.5, 0.6) is 0 Å². The molecule has 0 aromatic heterocycles. The number of nitrogens with zero attached hydrogens (tertiary/aromatic N) is 1. The van der Waals surface area contributed by atoms with E-state index in [1.54, 1.807) is 25.1 Å². The van der Waals surface area contributed by atoms with Crippen molar-refractivity contribution in [3.63, 3.8) is 0 Å². The van der Waals surface area contributed by atoms with E-state index < -0.39 is 11.5 Å². The molecule has 4 rings (SSSR count). The van der Waals surface area contributed by atoms with Crippen LogP contribution in [0.25, 0.3) is 0 Å². The second kappa shape index (κ2) is 8.15. The number of carbonyl (C=O) groups is 2. The van der Waals surface area contributed by atoms with Crippen molar-refractivity contribution in [1.29, 1.82) is 0 Å². The normalized spacial score (nSPS) is 26.8. The van der Waals surface area contributed by atoms with Crippen molar-refractivity contribution in [3.8, 4) is 0 Å². The highest BCUT2D eigenvalue weighted by Crippen LogP contribution is 2.56. The van der Waals surface area contributed by atoms with Crippen LogP contribution in [-0.2, 0) is 15.0 Å². The number of amides is 2. The summed E-state index contributed by atoms with van der Waals surface area (Å²) in [5.41, 5.74) is 1.57. The second-order valence-corrected chi connectivity index (χ2v) is 11.6. The number of halogens is 2. The molecule has 2 heterocycles. The molecule has 170 valence electrons. The molecule has 2 amide bonds. The van der Waals surface area contributed by atoms with E-state index in [1.807, 2.05) is 36.4 Å². The lowest BCUT2D eigenvalue weighted by molar-refractivity contribution is -0.131. The summed E-state index contributed by atoms with van der Waals surface area (Å²) < 4.78 is 0.912. The van der Waals surface area contributed by atoms with Gasteiger partial charge in [0.2, 0.25) is 11.8 Å². The molecule has 0 saturated carbocycles. The van der Waals surface area contributed by atoms with Gasteiger partial charge in [0.05, 0.1) is 6.04 Å². The number of nitrogens with one attached hydrogen (secondary N) is 2. The zero-order valence-corrected chi connectivity index (χ0v) is 21.3. The van der Waals surface area contributed by atoms with Crippen molar-refractivity contribution < 1.29 is 9.59 Å². The van der Waals surface area contributed by atoms with Gasteiger partial charge in [-0.3, -0.25) is 9.59 Å². The van der Waals surface area contributed by atoms with Crippen molar-refractivity contribution in [2.24, 2.45) is 5.41 Å². The fourth-order valence-electron chi connectivity index (χ4n) is 5.39. The molecule has 4 atom stereocenters. The predicted octanol–water partition coefficient (Wildman–Crippen LogP) is 4.94. The quantitative estimate of drug-likeness (QED) is 0.605. The Bertz CT molecular complexity index is 1080. The predicted molar refractivity (Wildman–Crippen MR) is 132 cm³/mol. The third kappa shape index (κ3) is 3.76. The van der Waals surface area contributed by atoms with Gasteiger partial charge in [0.25, 0.3) is 0 Å². The van der Waals surface area contributed by atoms with Gasteiger partial charge in [-0.05, 0) is 47.2 Å². The fraction of sp³-hybridized carbons (Fsp3) is 0.440. The first-order valence-electron chi connectivity index (χ1n) is 10.8. The molecule has 2 aromatic rings. The van der Waals surface area contributed by atoms with Crippen molar-refractivity contribution >= 4 is 45.0 Å². The van der Waals surface area contributed by atoms with Crippen LogP contribution in [0.1, 0.15) is 44.2 Å². The van der Waals surface area contributed by atoms with E-state index in [0.717, 1.165) is 27.7 Å². The summed E-state index contributed by atoms with van der Waals surface area (Å²) in [5.74, 6) is -0.513. The Morgan fingerprint density at radius 1 is 1.19 bits per heavy atom. The molecular weight excluding hydrogens is 490 g/mol. The molecule has 1 saturated heterocycles. The SMILES string of the molecule is CN(C)C(=O)[C@@H]1N[C@H](CC(C)(C)C)[C@]2(C(=O)Nc3cc(Cl)ccc32)[C@H]1c1cccc(Br)c1. The second-order valence-electron chi connectivity index (χ2n) is 10.2. The molecule has 1 fully saturated rings. The molecule has 0 radical (unpaired) electrons. The molecule has 2 aromatic carbocycles. The van der Waals surface area contributed by atoms with Crippen molar-refractivity contribution in [1.82, 2.24) is 10.2 Å². The minimum absolute atomic E-state index is 0.0408. The van der Waals surface area contributed by atoms with Gasteiger partial charge in [-0.2, -0.15) is 0 Å². The van der Waals surface area contributed by atoms with Crippen LogP contribution in [0.2, 0.25) is 5.02 Å². The molecule has 5 nitrogen and oxygen atoms in total. The Morgan fingerprint density at radius 3 is 2.53 bits per heavy atom. The van der Waals surface area contributed by atoms with E-state index in [4.69, 9.17) is 11.6 Å². The highest BCUT2D eigenvalue weighted by Gasteiger charge is 2.65. The first-order valence-corrected chi connectivity index (χ1v) is 12.0. The van der Waals surface area contributed by atoms with E-state index in [2.05, 4.69) is 47.3 Å². The lowest BCUT2D eigenvalue weighted by Gasteiger charge is -2.37. The number of carbonyl (C=O) groups excluding carboxylic acids is 2. The maximum absolute atomic E-state index is 13.9. The zero-order valence-electron chi connectivity index (χ0n) is 19.0. The lowest BCUT2D eigenvalue weighted by Crippen LogP contribution is -2.49. The maximum Gasteiger partial charge on any atom is 0.239 e. The number of fused-ring (bicyclic) bond motifs is 2. The minimum atomic E-state index is -0.940. The molecule has 2 N–H and O–H groups in total. The summed E-state index contributed by atoms with van der Waals surface area (Å²) in [5, 5.41) is 7.27. The third-order valence-electron chi connectivity index (χ3n) is 6.54. The molecule has 7 heteroatoms. The lowest BCUT2D eigenvalue weighted by atomic mass is 9.62. The van der Waals surface area contributed by atoms with Crippen molar-refractivity contribution in [2.45, 2.75) is 50.6 Å². The van der Waals surface area contributed by atoms with Crippen LogP contribution in [0, 0.1) is 5.41 Å². The van der Waals surface area contributed by atoms with Crippen molar-refractivity contribution in [2.75, 3.05) is 19.4 Å². The highest BCUT2D eigenvalue weighted by molar-refractivity contribution is 9.10. The van der Waals surface area contributed by atoms with Crippen LogP contribution in [0.4, 0.5) is 5.69 Å². The van der Waals surface area contributed by atoms with E-state index in [9.17, 15) is 9.59 Å². The van der Waals surface area contributed by atoms with E-state index >= 15 is 0 Å². The molecule has 2 aliphatic rings. The van der Waals surface area contributed by atoms with E-state index in [-0.39, 0.29) is 29.2 Å². The topological polar surface area (TPSA) is 61.4 Å². The summed E-state index contributed by atoms with van der Waals surface area (Å²) >= 11 is 9.85. The Hall–Kier alpha value is -1.89. The van der Waals surface area contributed by atoms with Gasteiger partial charge in [-0.25, -0.2) is 0 Å². The Balaban J connectivity index is 2.01. The van der Waals surface area contributed by atoms with Gasteiger partial charge in [-0.15, -0.1) is 0 Å². The number of hydrogen-bond acceptors (Lipinski definition) is 3. The molecular formula is C25H29BrClN3O2. The van der Waals surface area contributed by atoms with Gasteiger partial charge in [-0.1, -0.05) is 66.5 Å². The van der Waals surface area contributed by atoms with E-state index in [1.165, 1.54) is 0 Å². The number of anilines is 1. The van der Waals surface area contributed by atoms with Gasteiger partial charge < -0.3 is 15.5 Å². The number of hydrogen-bond donors (Lipinski definition) is 2. The largest absolute Gasteiger partial charge is 0.347 e. The molecule has 1 spiro atoms. The number of benzene rings is 2. The zero-order chi connectivity index (χ0) is 23.4. The maximum atomic E-state index is 13.9. The summed E-state index contributed by atoms with van der Waals surface area (Å²) in [6.07, 6.45) is 0.726. The number of likely N-dealkylation sites (N-methyl/N-ethyl adjacent to an activating group) is 1. The van der Waals surface area contributed by atoms with Crippen LogP contribution in [-0.4, -0.2) is 42.9 Å². The van der Waals surface area contributed by atoms with Crippen LogP contribution < -0.4 is 10.6 Å².